The topological polar surface area (TPSA) is 15.3 Å². The molecule has 2 rings (SSSR count). The Morgan fingerprint density at radius 2 is 2.00 bits per heavy atom. The molecule has 1 aliphatic heterocycles. The lowest BCUT2D eigenvalue weighted by atomic mass is 10.0. The van der Waals surface area contributed by atoms with E-state index in [1.54, 1.807) is 0 Å². The van der Waals surface area contributed by atoms with Gasteiger partial charge in [-0.1, -0.05) is 44.2 Å². The molecule has 1 saturated heterocycles. The Kier molecular flexibility index (Phi) is 6.55. The van der Waals surface area contributed by atoms with Crippen LogP contribution in [-0.2, 0) is 0 Å². The molecule has 0 bridgehead atoms. The van der Waals surface area contributed by atoms with Gasteiger partial charge in [0.2, 0.25) is 0 Å². The molecule has 0 radical (unpaired) electrons. The van der Waals surface area contributed by atoms with E-state index in [0.717, 1.165) is 6.54 Å². The van der Waals surface area contributed by atoms with Gasteiger partial charge in [-0.3, -0.25) is 0 Å². The van der Waals surface area contributed by atoms with Crippen molar-refractivity contribution >= 4 is 0 Å². The molecule has 2 atom stereocenters. The van der Waals surface area contributed by atoms with Crippen molar-refractivity contribution in [2.75, 3.05) is 26.2 Å². The van der Waals surface area contributed by atoms with Gasteiger partial charge in [-0.2, -0.15) is 0 Å². The van der Waals surface area contributed by atoms with Gasteiger partial charge in [0.25, 0.3) is 0 Å². The molecule has 2 heteroatoms. The fourth-order valence-corrected chi connectivity index (χ4v) is 3.14. The molecular weight excluding hydrogens is 244 g/mol. The second kappa shape index (κ2) is 8.43. The summed E-state index contributed by atoms with van der Waals surface area (Å²) in [5, 5.41) is 3.80. The number of nitrogens with one attached hydrogen (secondary N) is 1. The maximum atomic E-state index is 3.80. The number of hydrogen-bond donors (Lipinski definition) is 1. The predicted molar refractivity (Wildman–Crippen MR) is 87.2 cm³/mol. The van der Waals surface area contributed by atoms with Gasteiger partial charge in [0.1, 0.15) is 0 Å². The van der Waals surface area contributed by atoms with Crippen LogP contribution in [0.25, 0.3) is 0 Å². The number of nitrogens with zero attached hydrogens (tertiary/aromatic N) is 1. The minimum Gasteiger partial charge on any atom is -0.313 e. The number of benzene rings is 1. The monoisotopic (exact) mass is 274 g/mol. The zero-order valence-corrected chi connectivity index (χ0v) is 13.1. The van der Waals surface area contributed by atoms with E-state index in [0.29, 0.717) is 12.0 Å². The van der Waals surface area contributed by atoms with Gasteiger partial charge in [0.05, 0.1) is 0 Å². The summed E-state index contributed by atoms with van der Waals surface area (Å²) in [4.78, 5) is 2.63. The zero-order chi connectivity index (χ0) is 14.2. The molecule has 1 aliphatic rings. The average molecular weight is 274 g/mol. The van der Waals surface area contributed by atoms with Crippen molar-refractivity contribution in [3.8, 4) is 0 Å². The van der Waals surface area contributed by atoms with E-state index >= 15 is 0 Å². The Bertz CT molecular complexity index is 363. The van der Waals surface area contributed by atoms with Crippen molar-refractivity contribution in [3.05, 3.63) is 35.9 Å². The molecule has 2 unspecified atom stereocenters. The van der Waals surface area contributed by atoms with Crippen LogP contribution in [0.2, 0.25) is 0 Å². The lowest BCUT2D eigenvalue weighted by Gasteiger charge is -2.21. The molecule has 112 valence electrons. The van der Waals surface area contributed by atoms with E-state index in [2.05, 4.69) is 54.4 Å². The van der Waals surface area contributed by atoms with Crippen LogP contribution in [0.4, 0.5) is 0 Å². The predicted octanol–water partition coefficient (Wildman–Crippen LogP) is 3.64. The third kappa shape index (κ3) is 4.92. The molecule has 1 heterocycles. The SMILES string of the molecule is CCCN1CCCC(NCC(C)c2ccccc2)CC1. The first-order chi connectivity index (χ1) is 9.79. The molecule has 1 aromatic carbocycles. The number of rotatable bonds is 6. The van der Waals surface area contributed by atoms with Crippen LogP contribution < -0.4 is 5.32 Å². The van der Waals surface area contributed by atoms with E-state index in [1.807, 2.05) is 0 Å². The molecular formula is C18H30N2. The molecule has 0 aromatic heterocycles. The first-order valence-corrected chi connectivity index (χ1v) is 8.30. The normalized spacial score (nSPS) is 22.4. The maximum absolute atomic E-state index is 3.80. The van der Waals surface area contributed by atoms with E-state index in [4.69, 9.17) is 0 Å². The highest BCUT2D eigenvalue weighted by Gasteiger charge is 2.16. The average Bonchev–Trinajstić information content (AvgIpc) is 2.71. The first kappa shape index (κ1) is 15.5. The van der Waals surface area contributed by atoms with Crippen LogP contribution >= 0.6 is 0 Å². The summed E-state index contributed by atoms with van der Waals surface area (Å²) in [5.41, 5.74) is 1.45. The van der Waals surface area contributed by atoms with Gasteiger partial charge < -0.3 is 10.2 Å². The number of likely N-dealkylation sites (tertiary alicyclic amines) is 1. The third-order valence-corrected chi connectivity index (χ3v) is 4.44. The molecule has 0 saturated carbocycles. The summed E-state index contributed by atoms with van der Waals surface area (Å²) in [6.45, 7) is 9.53. The highest BCUT2D eigenvalue weighted by molar-refractivity contribution is 5.18. The Labute approximate surface area is 124 Å². The minimum atomic E-state index is 0.603. The Morgan fingerprint density at radius 3 is 2.75 bits per heavy atom. The summed E-state index contributed by atoms with van der Waals surface area (Å²) in [6.07, 6.45) is 5.27. The van der Waals surface area contributed by atoms with Crippen LogP contribution in [0, 0.1) is 0 Å². The van der Waals surface area contributed by atoms with Crippen LogP contribution in [-0.4, -0.2) is 37.1 Å². The minimum absolute atomic E-state index is 0.603. The van der Waals surface area contributed by atoms with Gasteiger partial charge in [-0.25, -0.2) is 0 Å². The first-order valence-electron chi connectivity index (χ1n) is 8.30. The second-order valence-electron chi connectivity index (χ2n) is 6.19. The third-order valence-electron chi connectivity index (χ3n) is 4.44. The van der Waals surface area contributed by atoms with Crippen molar-refractivity contribution in [2.24, 2.45) is 0 Å². The van der Waals surface area contributed by atoms with Crippen LogP contribution in [0.5, 0.6) is 0 Å². The lowest BCUT2D eigenvalue weighted by molar-refractivity contribution is 0.282. The largest absolute Gasteiger partial charge is 0.313 e. The number of hydrogen-bond acceptors (Lipinski definition) is 2. The fraction of sp³-hybridized carbons (Fsp3) is 0.667. The van der Waals surface area contributed by atoms with E-state index in [-0.39, 0.29) is 0 Å². The van der Waals surface area contributed by atoms with Crippen LogP contribution in [0.15, 0.2) is 30.3 Å². The van der Waals surface area contributed by atoms with Gasteiger partial charge >= 0.3 is 0 Å². The molecule has 1 N–H and O–H groups in total. The molecule has 0 amide bonds. The van der Waals surface area contributed by atoms with Crippen LogP contribution in [0.3, 0.4) is 0 Å². The quantitative estimate of drug-likeness (QED) is 0.852. The van der Waals surface area contributed by atoms with Gasteiger partial charge in [0.15, 0.2) is 0 Å². The standard InChI is InChI=1S/C18H30N2/c1-3-12-20-13-7-10-18(11-14-20)19-15-16(2)17-8-5-4-6-9-17/h4-6,8-9,16,18-19H,3,7,10-15H2,1-2H3. The highest BCUT2D eigenvalue weighted by Crippen LogP contribution is 2.16. The van der Waals surface area contributed by atoms with Crippen molar-refractivity contribution in [3.63, 3.8) is 0 Å². The van der Waals surface area contributed by atoms with E-state index < -0.39 is 0 Å². The molecule has 2 nitrogen and oxygen atoms in total. The van der Waals surface area contributed by atoms with E-state index in [1.165, 1.54) is 50.9 Å². The van der Waals surface area contributed by atoms with Gasteiger partial charge in [-0.05, 0) is 56.8 Å². The molecule has 0 aliphatic carbocycles. The summed E-state index contributed by atoms with van der Waals surface area (Å²) in [5.74, 6) is 0.603. The summed E-state index contributed by atoms with van der Waals surface area (Å²) in [6, 6.07) is 11.6. The van der Waals surface area contributed by atoms with Crippen molar-refractivity contribution in [1.82, 2.24) is 10.2 Å². The fourth-order valence-electron chi connectivity index (χ4n) is 3.14. The molecule has 1 aromatic rings. The summed E-state index contributed by atoms with van der Waals surface area (Å²) in [7, 11) is 0. The molecule has 1 fully saturated rings. The summed E-state index contributed by atoms with van der Waals surface area (Å²) < 4.78 is 0. The molecule has 0 spiro atoms. The van der Waals surface area contributed by atoms with Gasteiger partial charge in [-0.15, -0.1) is 0 Å². The van der Waals surface area contributed by atoms with Crippen molar-refractivity contribution < 1.29 is 0 Å². The Balaban J connectivity index is 1.74. The zero-order valence-electron chi connectivity index (χ0n) is 13.1. The van der Waals surface area contributed by atoms with Gasteiger partial charge in [0, 0.05) is 12.6 Å². The lowest BCUT2D eigenvalue weighted by Crippen LogP contribution is -2.33. The van der Waals surface area contributed by atoms with E-state index in [9.17, 15) is 0 Å². The smallest absolute Gasteiger partial charge is 0.00799 e. The molecule has 20 heavy (non-hydrogen) atoms. The Hall–Kier alpha value is -0.860. The highest BCUT2D eigenvalue weighted by atomic mass is 15.1. The Morgan fingerprint density at radius 1 is 1.20 bits per heavy atom. The van der Waals surface area contributed by atoms with Crippen molar-refractivity contribution in [1.29, 1.82) is 0 Å². The second-order valence-corrected chi connectivity index (χ2v) is 6.19. The van der Waals surface area contributed by atoms with Crippen molar-refractivity contribution in [2.45, 2.75) is 51.5 Å². The summed E-state index contributed by atoms with van der Waals surface area (Å²) >= 11 is 0. The maximum Gasteiger partial charge on any atom is 0.00799 e. The van der Waals surface area contributed by atoms with Crippen LogP contribution in [0.1, 0.15) is 51.0 Å².